The number of benzene rings is 3. The molecular formula is C23H20N4O4S. The molecule has 0 aromatic heterocycles. The van der Waals surface area contributed by atoms with Crippen LogP contribution in [0.5, 0.6) is 11.5 Å². The Morgan fingerprint density at radius 1 is 1.16 bits per heavy atom. The van der Waals surface area contributed by atoms with Crippen molar-refractivity contribution in [3.8, 4) is 11.5 Å². The van der Waals surface area contributed by atoms with E-state index >= 15 is 0 Å². The van der Waals surface area contributed by atoms with Crippen molar-refractivity contribution in [1.82, 2.24) is 0 Å². The Labute approximate surface area is 188 Å². The van der Waals surface area contributed by atoms with Crippen molar-refractivity contribution in [3.63, 3.8) is 0 Å². The fraction of sp³-hybridized carbons (Fsp3) is 0.130. The van der Waals surface area contributed by atoms with Crippen molar-refractivity contribution in [2.45, 2.75) is 11.7 Å². The second kappa shape index (κ2) is 9.11. The summed E-state index contributed by atoms with van der Waals surface area (Å²) in [6.07, 6.45) is 1.43. The third-order valence-electron chi connectivity index (χ3n) is 4.99. The summed E-state index contributed by atoms with van der Waals surface area (Å²) < 4.78 is 5.11. The molecule has 0 saturated carbocycles. The van der Waals surface area contributed by atoms with Crippen LogP contribution in [0.25, 0.3) is 10.8 Å². The van der Waals surface area contributed by atoms with Crippen LogP contribution < -0.4 is 15.4 Å². The summed E-state index contributed by atoms with van der Waals surface area (Å²) >= 11 is 0.983. The van der Waals surface area contributed by atoms with Gasteiger partial charge in [0.25, 0.3) is 0 Å². The lowest BCUT2D eigenvalue weighted by Crippen LogP contribution is -2.31. The molecule has 3 aromatic carbocycles. The van der Waals surface area contributed by atoms with Gasteiger partial charge in [-0.15, -0.1) is 5.10 Å². The number of amidine groups is 1. The summed E-state index contributed by atoms with van der Waals surface area (Å²) in [7, 11) is 1.54. The number of anilines is 1. The fourth-order valence-corrected chi connectivity index (χ4v) is 4.25. The van der Waals surface area contributed by atoms with Crippen LogP contribution in [0, 0.1) is 0 Å². The molecule has 1 heterocycles. The van der Waals surface area contributed by atoms with E-state index in [1.54, 1.807) is 37.4 Å². The van der Waals surface area contributed by atoms with E-state index in [2.05, 4.69) is 10.2 Å². The summed E-state index contributed by atoms with van der Waals surface area (Å²) in [6, 6.07) is 17.6. The van der Waals surface area contributed by atoms with Gasteiger partial charge in [0.05, 0.1) is 19.0 Å². The molecule has 1 saturated heterocycles. The molecule has 4 rings (SSSR count). The van der Waals surface area contributed by atoms with Gasteiger partial charge >= 0.3 is 0 Å². The van der Waals surface area contributed by atoms with Crippen molar-refractivity contribution in [2.75, 3.05) is 12.0 Å². The van der Waals surface area contributed by atoms with Crippen molar-refractivity contribution in [2.24, 2.45) is 15.9 Å². The van der Waals surface area contributed by atoms with Crippen LogP contribution in [0.4, 0.5) is 5.69 Å². The highest BCUT2D eigenvalue weighted by atomic mass is 32.2. The summed E-state index contributed by atoms with van der Waals surface area (Å²) in [5.41, 5.74) is 6.93. The maximum Gasteiger partial charge on any atom is 0.247 e. The molecule has 1 aliphatic rings. The van der Waals surface area contributed by atoms with E-state index < -0.39 is 5.25 Å². The second-order valence-electron chi connectivity index (χ2n) is 6.98. The first-order valence-corrected chi connectivity index (χ1v) is 10.6. The smallest absolute Gasteiger partial charge is 0.247 e. The topological polar surface area (TPSA) is 118 Å². The van der Waals surface area contributed by atoms with Gasteiger partial charge in [0.1, 0.15) is 16.7 Å². The van der Waals surface area contributed by atoms with Gasteiger partial charge in [-0.05, 0) is 41.1 Å². The van der Waals surface area contributed by atoms with Gasteiger partial charge < -0.3 is 15.6 Å². The molecule has 3 N–H and O–H groups in total. The lowest BCUT2D eigenvalue weighted by molar-refractivity contribution is -0.121. The van der Waals surface area contributed by atoms with Gasteiger partial charge in [0.2, 0.25) is 11.8 Å². The van der Waals surface area contributed by atoms with Gasteiger partial charge in [-0.1, -0.05) is 42.1 Å². The highest BCUT2D eigenvalue weighted by Crippen LogP contribution is 2.31. The molecule has 3 aromatic rings. The summed E-state index contributed by atoms with van der Waals surface area (Å²) in [4.78, 5) is 26.3. The number of nitrogens with two attached hydrogens (primary N) is 1. The minimum absolute atomic E-state index is 0.0135. The number of hydrogen-bond acceptors (Lipinski definition) is 7. The van der Waals surface area contributed by atoms with Crippen LogP contribution in [0.2, 0.25) is 0 Å². The van der Waals surface area contributed by atoms with Crippen LogP contribution in [0.1, 0.15) is 12.0 Å². The summed E-state index contributed by atoms with van der Waals surface area (Å²) in [5.74, 6) is 0.0273. The molecule has 8 nitrogen and oxygen atoms in total. The maximum absolute atomic E-state index is 12.8. The summed E-state index contributed by atoms with van der Waals surface area (Å²) in [6.45, 7) is 0. The van der Waals surface area contributed by atoms with E-state index in [0.717, 1.165) is 27.4 Å². The van der Waals surface area contributed by atoms with E-state index in [0.29, 0.717) is 17.0 Å². The highest BCUT2D eigenvalue weighted by Gasteiger charge is 2.40. The van der Waals surface area contributed by atoms with Crippen molar-refractivity contribution >= 4 is 51.4 Å². The molecule has 0 bridgehead atoms. The largest absolute Gasteiger partial charge is 0.507 e. The molecular weight excluding hydrogens is 428 g/mol. The Bertz CT molecular complexity index is 1240. The van der Waals surface area contributed by atoms with Crippen LogP contribution >= 0.6 is 11.8 Å². The number of phenols is 1. The number of methoxy groups -OCH3 is 1. The summed E-state index contributed by atoms with van der Waals surface area (Å²) in [5, 5.41) is 19.2. The number of phenolic OH excluding ortho intramolecular Hbond substituents is 1. The molecule has 9 heteroatoms. The number of ether oxygens (including phenoxy) is 1. The molecule has 2 amide bonds. The first kappa shape index (κ1) is 21.4. The molecule has 0 radical (unpaired) electrons. The number of rotatable bonds is 5. The zero-order chi connectivity index (χ0) is 22.7. The van der Waals surface area contributed by atoms with E-state index in [-0.39, 0.29) is 29.2 Å². The molecule has 32 heavy (non-hydrogen) atoms. The minimum Gasteiger partial charge on any atom is -0.507 e. The quantitative estimate of drug-likeness (QED) is 0.268. The standard InChI is InChI=1S/C23H20N4O4S/c1-31-16-9-7-15(8-10-16)27-21(29)12-20(22(27)30)32-23(24)26-25-13-18-17-5-3-2-4-14(17)6-11-19(18)28/h2-11,13,20,28H,12H2,1H3,(H2,24,26)/b25-13-/t20-/m0/s1. The number of amides is 2. The molecule has 0 aliphatic carbocycles. The SMILES string of the molecule is COc1ccc(N2C(=O)C[C@H](SC(N)=N/N=C\c3c(O)ccc4ccccc34)C2=O)cc1. The molecule has 162 valence electrons. The number of thioether (sulfide) groups is 1. The second-order valence-corrected chi connectivity index (χ2v) is 8.20. The molecule has 1 aliphatic heterocycles. The monoisotopic (exact) mass is 448 g/mol. The van der Waals surface area contributed by atoms with Crippen molar-refractivity contribution in [1.29, 1.82) is 0 Å². The number of nitrogens with zero attached hydrogens (tertiary/aromatic N) is 3. The predicted molar refractivity (Wildman–Crippen MR) is 126 cm³/mol. The van der Waals surface area contributed by atoms with Crippen LogP contribution in [0.3, 0.4) is 0 Å². The number of carbonyl (C=O) groups is 2. The lowest BCUT2D eigenvalue weighted by atomic mass is 10.0. The Hall–Kier alpha value is -3.85. The Kier molecular flexibility index (Phi) is 6.09. The van der Waals surface area contributed by atoms with Crippen LogP contribution in [-0.2, 0) is 9.59 Å². The van der Waals surface area contributed by atoms with Gasteiger partial charge in [-0.2, -0.15) is 5.10 Å². The van der Waals surface area contributed by atoms with Crippen LogP contribution in [-0.4, -0.2) is 40.7 Å². The molecule has 0 unspecified atom stereocenters. The maximum atomic E-state index is 12.8. The van der Waals surface area contributed by atoms with Gasteiger partial charge in [0.15, 0.2) is 5.17 Å². The Balaban J connectivity index is 1.47. The zero-order valence-corrected chi connectivity index (χ0v) is 18.0. The van der Waals surface area contributed by atoms with Gasteiger partial charge in [-0.3, -0.25) is 9.59 Å². The van der Waals surface area contributed by atoms with E-state index in [1.165, 1.54) is 6.21 Å². The zero-order valence-electron chi connectivity index (χ0n) is 17.1. The normalized spacial score (nSPS) is 17.0. The third kappa shape index (κ3) is 4.28. The Morgan fingerprint density at radius 3 is 2.66 bits per heavy atom. The van der Waals surface area contributed by atoms with E-state index in [9.17, 15) is 14.7 Å². The fourth-order valence-electron chi connectivity index (χ4n) is 3.43. The first-order chi connectivity index (χ1) is 15.5. The minimum atomic E-state index is -0.686. The van der Waals surface area contributed by atoms with Crippen molar-refractivity contribution in [3.05, 3.63) is 66.2 Å². The number of imide groups is 1. The first-order valence-electron chi connectivity index (χ1n) is 9.72. The van der Waals surface area contributed by atoms with E-state index in [4.69, 9.17) is 10.5 Å². The average Bonchev–Trinajstić information content (AvgIpc) is 3.08. The molecule has 1 atom stereocenters. The highest BCUT2D eigenvalue weighted by molar-refractivity contribution is 8.14. The Morgan fingerprint density at radius 2 is 1.91 bits per heavy atom. The number of carbonyl (C=O) groups excluding carboxylic acids is 2. The van der Waals surface area contributed by atoms with Gasteiger partial charge in [0, 0.05) is 12.0 Å². The number of fused-ring (bicyclic) bond motifs is 1. The van der Waals surface area contributed by atoms with Crippen molar-refractivity contribution < 1.29 is 19.4 Å². The third-order valence-corrected chi connectivity index (χ3v) is 5.97. The van der Waals surface area contributed by atoms with Gasteiger partial charge in [-0.25, -0.2) is 4.90 Å². The molecule has 1 fully saturated rings. The molecule has 0 spiro atoms. The van der Waals surface area contributed by atoms with Crippen LogP contribution in [0.15, 0.2) is 70.9 Å². The number of hydrogen-bond donors (Lipinski definition) is 2. The van der Waals surface area contributed by atoms with E-state index in [1.807, 2.05) is 30.3 Å². The average molecular weight is 449 g/mol. The lowest BCUT2D eigenvalue weighted by Gasteiger charge is -2.15. The predicted octanol–water partition coefficient (Wildman–Crippen LogP) is 3.27. The number of aromatic hydroxyl groups is 1.